The minimum atomic E-state index is -0.171. The number of fused-ring (bicyclic) bond motifs is 1. The smallest absolute Gasteiger partial charge is 0.338 e. The third kappa shape index (κ3) is 3.23. The normalized spacial score (nSPS) is 16.8. The van der Waals surface area contributed by atoms with E-state index in [0.717, 1.165) is 28.7 Å². The monoisotopic (exact) mass is 419 g/mol. The van der Waals surface area contributed by atoms with Gasteiger partial charge in [0.05, 0.1) is 21.4 Å². The summed E-state index contributed by atoms with van der Waals surface area (Å²) >= 11 is 1.53. The third-order valence-corrected chi connectivity index (χ3v) is 6.41. The van der Waals surface area contributed by atoms with Crippen molar-refractivity contribution in [3.63, 3.8) is 0 Å². The lowest BCUT2D eigenvalue weighted by Gasteiger charge is -2.32. The topological polar surface area (TPSA) is 73.0 Å². The van der Waals surface area contributed by atoms with Crippen LogP contribution in [-0.4, -0.2) is 43.2 Å². The maximum absolute atomic E-state index is 13.2. The first kappa shape index (κ1) is 18.7. The van der Waals surface area contributed by atoms with Gasteiger partial charge < -0.3 is 4.90 Å². The fourth-order valence-electron chi connectivity index (χ4n) is 4.11. The molecule has 7 nitrogen and oxygen atoms in total. The van der Waals surface area contributed by atoms with Gasteiger partial charge in [0, 0.05) is 31.6 Å². The van der Waals surface area contributed by atoms with Gasteiger partial charge in [-0.3, -0.25) is 4.79 Å². The van der Waals surface area contributed by atoms with Crippen LogP contribution in [0.2, 0.25) is 0 Å². The van der Waals surface area contributed by atoms with E-state index in [2.05, 4.69) is 10.1 Å². The number of aryl methyl sites for hydroxylation is 1. The summed E-state index contributed by atoms with van der Waals surface area (Å²) in [6, 6.07) is 15.2. The predicted molar refractivity (Wildman–Crippen MR) is 116 cm³/mol. The molecule has 0 radical (unpaired) electrons. The molecule has 0 bridgehead atoms. The molecule has 1 aliphatic heterocycles. The molecule has 0 aliphatic carbocycles. The maximum atomic E-state index is 13.2. The van der Waals surface area contributed by atoms with Gasteiger partial charge in [-0.1, -0.05) is 18.2 Å². The molecule has 2 aromatic heterocycles. The summed E-state index contributed by atoms with van der Waals surface area (Å²) in [7, 11) is 1.67. The number of amides is 1. The van der Waals surface area contributed by atoms with Crippen LogP contribution in [0.5, 0.6) is 0 Å². The van der Waals surface area contributed by atoms with Gasteiger partial charge in [-0.05, 0) is 43.2 Å². The Hall–Kier alpha value is -3.26. The molecule has 1 fully saturated rings. The van der Waals surface area contributed by atoms with E-state index in [4.69, 9.17) is 0 Å². The molecular formula is C22H21N5O2S. The second kappa shape index (κ2) is 7.53. The molecule has 0 spiro atoms. The number of aromatic nitrogens is 4. The Balaban J connectivity index is 1.45. The number of benzene rings is 2. The molecule has 1 saturated heterocycles. The van der Waals surface area contributed by atoms with Crippen LogP contribution in [0.25, 0.3) is 15.9 Å². The van der Waals surface area contributed by atoms with E-state index < -0.39 is 0 Å². The number of para-hydroxylation sites is 1. The van der Waals surface area contributed by atoms with Gasteiger partial charge in [-0.15, -0.1) is 11.3 Å². The van der Waals surface area contributed by atoms with E-state index >= 15 is 0 Å². The van der Waals surface area contributed by atoms with E-state index in [9.17, 15) is 9.59 Å². The second-order valence-electron chi connectivity index (χ2n) is 7.56. The molecule has 1 amide bonds. The summed E-state index contributed by atoms with van der Waals surface area (Å²) in [5.74, 6) is 0.729. The van der Waals surface area contributed by atoms with Crippen molar-refractivity contribution in [2.75, 3.05) is 13.1 Å². The lowest BCUT2D eigenvalue weighted by atomic mass is 9.96. The molecule has 30 heavy (non-hydrogen) atoms. The number of carbonyl (C=O) groups is 1. The predicted octanol–water partition coefficient (Wildman–Crippen LogP) is 3.20. The van der Waals surface area contributed by atoms with Crippen LogP contribution >= 0.6 is 11.3 Å². The van der Waals surface area contributed by atoms with Gasteiger partial charge in [0.25, 0.3) is 5.91 Å². The highest BCUT2D eigenvalue weighted by Crippen LogP contribution is 2.28. The average molecular weight is 420 g/mol. The standard InChI is InChI=1S/C22H21N5O2S/c1-25-22(29)27(17-7-3-2-4-8-17)20(24-25)16-6-5-11-26(13-16)21(28)15-9-10-18-19(12-15)30-14-23-18/h2-4,7-10,12,14,16H,5-6,11,13H2,1H3/t16-/m1/s1. The minimum Gasteiger partial charge on any atom is -0.338 e. The van der Waals surface area contributed by atoms with Crippen LogP contribution in [0.4, 0.5) is 0 Å². The average Bonchev–Trinajstić information content (AvgIpc) is 3.37. The van der Waals surface area contributed by atoms with Crippen molar-refractivity contribution in [2.24, 2.45) is 7.05 Å². The van der Waals surface area contributed by atoms with Gasteiger partial charge in [0.1, 0.15) is 5.82 Å². The second-order valence-corrected chi connectivity index (χ2v) is 8.45. The van der Waals surface area contributed by atoms with Crippen molar-refractivity contribution in [1.82, 2.24) is 24.2 Å². The van der Waals surface area contributed by atoms with Gasteiger partial charge in [0.15, 0.2) is 0 Å². The van der Waals surface area contributed by atoms with Crippen LogP contribution in [0.1, 0.15) is 34.9 Å². The van der Waals surface area contributed by atoms with Crippen LogP contribution in [0.3, 0.4) is 0 Å². The third-order valence-electron chi connectivity index (χ3n) is 5.62. The van der Waals surface area contributed by atoms with Crippen LogP contribution in [0.15, 0.2) is 58.8 Å². The number of hydrogen-bond donors (Lipinski definition) is 0. The summed E-state index contributed by atoms with van der Waals surface area (Å²) in [4.78, 5) is 32.1. The van der Waals surface area contributed by atoms with Gasteiger partial charge in [-0.2, -0.15) is 5.10 Å². The molecule has 1 aliphatic rings. The summed E-state index contributed by atoms with van der Waals surface area (Å²) in [6.45, 7) is 1.25. The fourth-order valence-corrected chi connectivity index (χ4v) is 4.83. The Morgan fingerprint density at radius 3 is 2.83 bits per heavy atom. The molecule has 152 valence electrons. The summed E-state index contributed by atoms with van der Waals surface area (Å²) < 4.78 is 4.06. The van der Waals surface area contributed by atoms with Crippen molar-refractivity contribution in [3.8, 4) is 5.69 Å². The minimum absolute atomic E-state index is 0.00365. The SMILES string of the molecule is Cn1nc([C@@H]2CCCN(C(=O)c3ccc4ncsc4c3)C2)n(-c2ccccc2)c1=O. The van der Waals surface area contributed by atoms with E-state index in [-0.39, 0.29) is 17.5 Å². The van der Waals surface area contributed by atoms with Crippen molar-refractivity contribution in [1.29, 1.82) is 0 Å². The highest BCUT2D eigenvalue weighted by molar-refractivity contribution is 7.16. The highest BCUT2D eigenvalue weighted by atomic mass is 32.1. The summed E-state index contributed by atoms with van der Waals surface area (Å²) in [6.07, 6.45) is 1.76. The first-order valence-electron chi connectivity index (χ1n) is 9.96. The Labute approximate surface area is 177 Å². The van der Waals surface area contributed by atoms with Crippen molar-refractivity contribution in [2.45, 2.75) is 18.8 Å². The molecule has 8 heteroatoms. The fraction of sp³-hybridized carbons (Fsp3) is 0.273. The van der Waals surface area contributed by atoms with Gasteiger partial charge in [-0.25, -0.2) is 19.0 Å². The van der Waals surface area contributed by atoms with E-state index in [1.54, 1.807) is 17.1 Å². The summed E-state index contributed by atoms with van der Waals surface area (Å²) in [5, 5.41) is 4.53. The molecule has 3 heterocycles. The molecule has 1 atom stereocenters. The Kier molecular flexibility index (Phi) is 4.71. The number of thiazole rings is 1. The molecule has 0 unspecified atom stereocenters. The largest absolute Gasteiger partial charge is 0.350 e. The van der Waals surface area contributed by atoms with E-state index in [1.807, 2.05) is 53.4 Å². The molecule has 2 aromatic carbocycles. The van der Waals surface area contributed by atoms with Gasteiger partial charge >= 0.3 is 5.69 Å². The zero-order valence-electron chi connectivity index (χ0n) is 16.6. The van der Waals surface area contributed by atoms with Crippen LogP contribution in [0, 0.1) is 0 Å². The highest BCUT2D eigenvalue weighted by Gasteiger charge is 2.30. The van der Waals surface area contributed by atoms with Crippen LogP contribution in [-0.2, 0) is 7.05 Å². The molecular weight excluding hydrogens is 398 g/mol. The molecule has 0 N–H and O–H groups in total. The quantitative estimate of drug-likeness (QED) is 0.511. The number of likely N-dealkylation sites (tertiary alicyclic amines) is 1. The van der Waals surface area contributed by atoms with Crippen LogP contribution < -0.4 is 5.69 Å². The molecule has 0 saturated carbocycles. The first-order chi connectivity index (χ1) is 14.6. The Bertz CT molecular complexity index is 1270. The lowest BCUT2D eigenvalue weighted by Crippen LogP contribution is -2.40. The molecule has 4 aromatic rings. The van der Waals surface area contributed by atoms with E-state index in [0.29, 0.717) is 24.5 Å². The van der Waals surface area contributed by atoms with Crippen molar-refractivity contribution in [3.05, 3.63) is 75.9 Å². The Morgan fingerprint density at radius 2 is 2.00 bits per heavy atom. The maximum Gasteiger partial charge on any atom is 0.350 e. The lowest BCUT2D eigenvalue weighted by molar-refractivity contribution is 0.0704. The van der Waals surface area contributed by atoms with E-state index in [1.165, 1.54) is 16.0 Å². The number of piperidine rings is 1. The Morgan fingerprint density at radius 1 is 1.17 bits per heavy atom. The van der Waals surface area contributed by atoms with Gasteiger partial charge in [0.2, 0.25) is 0 Å². The summed E-state index contributed by atoms with van der Waals surface area (Å²) in [5.41, 5.74) is 4.00. The first-order valence-corrected chi connectivity index (χ1v) is 10.8. The molecule has 5 rings (SSSR count). The number of hydrogen-bond acceptors (Lipinski definition) is 5. The number of carbonyl (C=O) groups excluding carboxylic acids is 1. The zero-order valence-corrected chi connectivity index (χ0v) is 17.4. The van der Waals surface area contributed by atoms with Crippen molar-refractivity contribution >= 4 is 27.5 Å². The number of rotatable bonds is 3. The van der Waals surface area contributed by atoms with Crippen molar-refractivity contribution < 1.29 is 4.79 Å². The zero-order chi connectivity index (χ0) is 20.7. The number of nitrogens with zero attached hydrogens (tertiary/aromatic N) is 5.